The molecular formula is C10H7BrCl2N4O2S. The highest BCUT2D eigenvalue weighted by Crippen LogP contribution is 2.30. The number of nitrogen functional groups attached to an aromatic ring is 1. The summed E-state index contributed by atoms with van der Waals surface area (Å²) in [5.41, 5.74) is 5.99. The Morgan fingerprint density at radius 2 is 1.95 bits per heavy atom. The molecule has 0 amide bonds. The first kappa shape index (κ1) is 15.3. The zero-order chi connectivity index (χ0) is 14.9. The van der Waals surface area contributed by atoms with Gasteiger partial charge in [-0.2, -0.15) is 0 Å². The van der Waals surface area contributed by atoms with Crippen LogP contribution in [-0.4, -0.2) is 18.4 Å². The van der Waals surface area contributed by atoms with E-state index in [1.807, 2.05) is 0 Å². The predicted octanol–water partition coefficient (Wildman–Crippen LogP) is 2.93. The molecule has 2 aromatic rings. The molecule has 0 atom stereocenters. The van der Waals surface area contributed by atoms with Crippen molar-refractivity contribution in [2.45, 2.75) is 4.90 Å². The van der Waals surface area contributed by atoms with Gasteiger partial charge < -0.3 is 5.73 Å². The minimum atomic E-state index is -3.89. The molecule has 3 N–H and O–H groups in total. The molecule has 20 heavy (non-hydrogen) atoms. The van der Waals surface area contributed by atoms with E-state index in [1.54, 1.807) is 0 Å². The Morgan fingerprint density at radius 1 is 1.25 bits per heavy atom. The van der Waals surface area contributed by atoms with Crippen LogP contribution >= 0.6 is 39.1 Å². The molecule has 0 bridgehead atoms. The fourth-order valence-corrected chi connectivity index (χ4v) is 3.79. The van der Waals surface area contributed by atoms with Crippen LogP contribution in [0.15, 0.2) is 33.9 Å². The Kier molecular flexibility index (Phi) is 4.38. The highest BCUT2D eigenvalue weighted by Gasteiger charge is 2.20. The van der Waals surface area contributed by atoms with Crippen molar-refractivity contribution in [1.82, 2.24) is 9.97 Å². The Labute approximate surface area is 133 Å². The van der Waals surface area contributed by atoms with Crippen molar-refractivity contribution in [3.8, 4) is 0 Å². The number of nitrogens with two attached hydrogens (primary N) is 1. The number of nitrogens with zero attached hydrogens (tertiary/aromatic N) is 2. The number of aromatic nitrogens is 2. The number of halogens is 3. The van der Waals surface area contributed by atoms with Crippen molar-refractivity contribution in [1.29, 1.82) is 0 Å². The summed E-state index contributed by atoms with van der Waals surface area (Å²) in [4.78, 5) is 7.37. The zero-order valence-corrected chi connectivity index (χ0v) is 13.6. The van der Waals surface area contributed by atoms with E-state index in [0.29, 0.717) is 10.2 Å². The number of hydrogen-bond acceptors (Lipinski definition) is 5. The number of nitrogens with one attached hydrogen (secondary N) is 1. The maximum atomic E-state index is 12.3. The van der Waals surface area contributed by atoms with E-state index < -0.39 is 10.0 Å². The normalized spacial score (nSPS) is 11.3. The van der Waals surface area contributed by atoms with Crippen LogP contribution in [0.2, 0.25) is 10.2 Å². The monoisotopic (exact) mass is 396 g/mol. The lowest BCUT2D eigenvalue weighted by molar-refractivity contribution is 0.600. The molecule has 1 aromatic carbocycles. The maximum absolute atomic E-state index is 12.3. The van der Waals surface area contributed by atoms with Crippen molar-refractivity contribution in [2.75, 3.05) is 10.5 Å². The van der Waals surface area contributed by atoms with Crippen LogP contribution in [0, 0.1) is 0 Å². The lowest BCUT2D eigenvalue weighted by Gasteiger charge is -2.10. The SMILES string of the molecule is Nc1ccc(S(=O)(=O)Nc2ncnc(Cl)c2Cl)c(Br)c1. The lowest BCUT2D eigenvalue weighted by atomic mass is 10.3. The van der Waals surface area contributed by atoms with Gasteiger partial charge in [0, 0.05) is 10.2 Å². The minimum Gasteiger partial charge on any atom is -0.399 e. The summed E-state index contributed by atoms with van der Waals surface area (Å²) < 4.78 is 27.1. The molecular weight excluding hydrogens is 391 g/mol. The number of anilines is 2. The maximum Gasteiger partial charge on any atom is 0.264 e. The van der Waals surface area contributed by atoms with Crippen molar-refractivity contribution in [3.05, 3.63) is 39.2 Å². The van der Waals surface area contributed by atoms with E-state index in [0.717, 1.165) is 6.33 Å². The summed E-state index contributed by atoms with van der Waals surface area (Å²) >= 11 is 14.7. The number of rotatable bonds is 3. The largest absolute Gasteiger partial charge is 0.399 e. The molecule has 10 heteroatoms. The van der Waals surface area contributed by atoms with Crippen molar-refractivity contribution in [3.63, 3.8) is 0 Å². The molecule has 0 aliphatic rings. The van der Waals surface area contributed by atoms with Crippen LogP contribution in [-0.2, 0) is 10.0 Å². The van der Waals surface area contributed by atoms with Gasteiger partial charge in [0.15, 0.2) is 11.0 Å². The molecule has 0 unspecified atom stereocenters. The van der Waals surface area contributed by atoms with Crippen LogP contribution in [0.25, 0.3) is 0 Å². The summed E-state index contributed by atoms with van der Waals surface area (Å²) in [6.07, 6.45) is 1.10. The van der Waals surface area contributed by atoms with Crippen LogP contribution in [0.5, 0.6) is 0 Å². The second-order valence-electron chi connectivity index (χ2n) is 3.62. The molecule has 0 fully saturated rings. The van der Waals surface area contributed by atoms with Gasteiger partial charge in [0.2, 0.25) is 0 Å². The van der Waals surface area contributed by atoms with Gasteiger partial charge in [-0.3, -0.25) is 4.72 Å². The van der Waals surface area contributed by atoms with Gasteiger partial charge in [0.25, 0.3) is 10.0 Å². The van der Waals surface area contributed by atoms with Gasteiger partial charge in [-0.15, -0.1) is 0 Å². The molecule has 2 rings (SSSR count). The first-order chi connectivity index (χ1) is 9.31. The second-order valence-corrected chi connectivity index (χ2v) is 6.86. The van der Waals surface area contributed by atoms with Gasteiger partial charge in [0.05, 0.1) is 0 Å². The lowest BCUT2D eigenvalue weighted by Crippen LogP contribution is -2.15. The summed E-state index contributed by atoms with van der Waals surface area (Å²) in [7, 11) is -3.89. The number of sulfonamides is 1. The summed E-state index contributed by atoms with van der Waals surface area (Å²) in [6, 6.07) is 4.30. The third kappa shape index (κ3) is 3.14. The Morgan fingerprint density at radius 3 is 2.60 bits per heavy atom. The third-order valence-electron chi connectivity index (χ3n) is 2.22. The summed E-state index contributed by atoms with van der Waals surface area (Å²) in [5, 5.41) is -0.125. The van der Waals surface area contributed by atoms with Crippen LogP contribution in [0.1, 0.15) is 0 Å². The second kappa shape index (κ2) is 5.72. The fourth-order valence-electron chi connectivity index (χ4n) is 1.34. The highest BCUT2D eigenvalue weighted by molar-refractivity contribution is 9.10. The summed E-state index contributed by atoms with van der Waals surface area (Å²) in [5.74, 6) is -0.101. The Bertz CT molecular complexity index is 770. The van der Waals surface area contributed by atoms with Crippen LogP contribution < -0.4 is 10.5 Å². The predicted molar refractivity (Wildman–Crippen MR) is 81.4 cm³/mol. The average Bonchev–Trinajstić information content (AvgIpc) is 2.34. The summed E-state index contributed by atoms with van der Waals surface area (Å²) in [6.45, 7) is 0. The van der Waals surface area contributed by atoms with Crippen LogP contribution in [0.3, 0.4) is 0 Å². The third-order valence-corrected chi connectivity index (χ3v) is 5.28. The highest BCUT2D eigenvalue weighted by atomic mass is 79.9. The smallest absolute Gasteiger partial charge is 0.264 e. The molecule has 0 saturated heterocycles. The van der Waals surface area contributed by atoms with Crippen LogP contribution in [0.4, 0.5) is 11.5 Å². The van der Waals surface area contributed by atoms with Crippen molar-refractivity contribution in [2.24, 2.45) is 0 Å². The topological polar surface area (TPSA) is 98.0 Å². The molecule has 6 nitrogen and oxygen atoms in total. The standard InChI is InChI=1S/C10H7BrCl2N4O2S/c11-6-3-5(14)1-2-7(6)20(18,19)17-10-8(12)9(13)15-4-16-10/h1-4H,14H2,(H,15,16,17). The van der Waals surface area contributed by atoms with Gasteiger partial charge in [0.1, 0.15) is 16.2 Å². The van der Waals surface area contributed by atoms with Gasteiger partial charge in [-0.25, -0.2) is 18.4 Å². The Balaban J connectivity index is 2.44. The first-order valence-electron chi connectivity index (χ1n) is 5.05. The van der Waals surface area contributed by atoms with E-state index in [9.17, 15) is 8.42 Å². The molecule has 1 aromatic heterocycles. The van der Waals surface area contributed by atoms with Crippen molar-refractivity contribution < 1.29 is 8.42 Å². The molecule has 0 spiro atoms. The Hall–Kier alpha value is -1.09. The molecule has 0 aliphatic carbocycles. The molecule has 1 heterocycles. The van der Waals surface area contributed by atoms with Crippen molar-refractivity contribution >= 4 is 60.7 Å². The minimum absolute atomic E-state index is 0.00231. The zero-order valence-electron chi connectivity index (χ0n) is 9.64. The van der Waals surface area contributed by atoms with E-state index in [2.05, 4.69) is 30.6 Å². The van der Waals surface area contributed by atoms with E-state index in [-0.39, 0.29) is 20.9 Å². The molecule has 0 aliphatic heterocycles. The number of benzene rings is 1. The van der Waals surface area contributed by atoms with Gasteiger partial charge in [-0.1, -0.05) is 23.2 Å². The number of hydrogen-bond donors (Lipinski definition) is 2. The van der Waals surface area contributed by atoms with Gasteiger partial charge >= 0.3 is 0 Å². The van der Waals surface area contributed by atoms with E-state index >= 15 is 0 Å². The van der Waals surface area contributed by atoms with E-state index in [4.69, 9.17) is 28.9 Å². The average molecular weight is 398 g/mol. The fraction of sp³-hybridized carbons (Fsp3) is 0. The molecule has 106 valence electrons. The van der Waals surface area contributed by atoms with E-state index in [1.165, 1.54) is 18.2 Å². The quantitative estimate of drug-likeness (QED) is 0.612. The molecule has 0 radical (unpaired) electrons. The van der Waals surface area contributed by atoms with Gasteiger partial charge in [-0.05, 0) is 34.1 Å². The molecule has 0 saturated carbocycles. The first-order valence-corrected chi connectivity index (χ1v) is 8.08.